The molecule has 0 aromatic heterocycles. The molecule has 0 radical (unpaired) electrons. The lowest BCUT2D eigenvalue weighted by Crippen LogP contribution is -2.47. The van der Waals surface area contributed by atoms with Gasteiger partial charge in [0, 0.05) is 12.6 Å². The third-order valence-electron chi connectivity index (χ3n) is 5.36. The molecule has 1 saturated heterocycles. The van der Waals surface area contributed by atoms with Crippen molar-refractivity contribution in [1.29, 1.82) is 0 Å². The van der Waals surface area contributed by atoms with E-state index in [1.807, 2.05) is 0 Å². The third-order valence-corrected chi connectivity index (χ3v) is 5.36. The van der Waals surface area contributed by atoms with Gasteiger partial charge in [-0.05, 0) is 37.5 Å². The molecule has 2 aliphatic carbocycles. The monoisotopic (exact) mass is 280 g/mol. The van der Waals surface area contributed by atoms with Gasteiger partial charge < -0.3 is 15.3 Å². The van der Waals surface area contributed by atoms with Gasteiger partial charge in [-0.3, -0.25) is 4.79 Å². The van der Waals surface area contributed by atoms with Crippen molar-refractivity contribution in [1.82, 2.24) is 10.2 Å². The maximum absolute atomic E-state index is 12.3. The van der Waals surface area contributed by atoms with Crippen LogP contribution in [-0.4, -0.2) is 47.1 Å². The van der Waals surface area contributed by atoms with Crippen molar-refractivity contribution >= 4 is 11.9 Å². The summed E-state index contributed by atoms with van der Waals surface area (Å²) in [7, 11) is 0. The highest BCUT2D eigenvalue weighted by Gasteiger charge is 2.49. The summed E-state index contributed by atoms with van der Waals surface area (Å²) in [4.78, 5) is 25.5. The van der Waals surface area contributed by atoms with Crippen LogP contribution < -0.4 is 5.32 Å². The summed E-state index contributed by atoms with van der Waals surface area (Å²) in [5.41, 5.74) is 0. The summed E-state index contributed by atoms with van der Waals surface area (Å²) < 4.78 is 0. The lowest BCUT2D eigenvalue weighted by molar-refractivity contribution is -0.149. The zero-order chi connectivity index (χ0) is 14.1. The predicted molar refractivity (Wildman–Crippen MR) is 74.2 cm³/mol. The van der Waals surface area contributed by atoms with E-state index in [1.54, 1.807) is 4.90 Å². The fourth-order valence-electron chi connectivity index (χ4n) is 4.34. The lowest BCUT2D eigenvalue weighted by atomic mass is 9.94. The van der Waals surface area contributed by atoms with Crippen molar-refractivity contribution < 1.29 is 14.7 Å². The van der Waals surface area contributed by atoms with E-state index in [2.05, 4.69) is 5.32 Å². The Kier molecular flexibility index (Phi) is 3.96. The van der Waals surface area contributed by atoms with Gasteiger partial charge in [-0.2, -0.15) is 0 Å². The van der Waals surface area contributed by atoms with Crippen LogP contribution in [0.25, 0.3) is 0 Å². The number of hydrogen-bond acceptors (Lipinski definition) is 3. The van der Waals surface area contributed by atoms with E-state index in [0.717, 1.165) is 32.1 Å². The summed E-state index contributed by atoms with van der Waals surface area (Å²) >= 11 is 0. The molecule has 3 rings (SSSR count). The van der Waals surface area contributed by atoms with Crippen LogP contribution in [0.5, 0.6) is 0 Å². The van der Waals surface area contributed by atoms with Gasteiger partial charge in [-0.15, -0.1) is 0 Å². The molecule has 3 fully saturated rings. The fraction of sp³-hybridized carbons (Fsp3) is 0.867. The van der Waals surface area contributed by atoms with Crippen molar-refractivity contribution in [3.8, 4) is 0 Å². The maximum Gasteiger partial charge on any atom is 0.326 e. The number of carboxylic acids is 1. The molecule has 5 nitrogen and oxygen atoms in total. The van der Waals surface area contributed by atoms with Crippen LogP contribution in [0.15, 0.2) is 0 Å². The van der Waals surface area contributed by atoms with Gasteiger partial charge in [-0.1, -0.05) is 19.3 Å². The standard InChI is InChI=1S/C15H24N2O3/c18-13(8-16-11-5-1-2-6-11)17-9-10-4-3-7-12(10)14(17)15(19)20/h10-12,14,16H,1-9H2,(H,19,20). The van der Waals surface area contributed by atoms with E-state index in [0.29, 0.717) is 25.0 Å². The number of amides is 1. The Balaban J connectivity index is 1.59. The summed E-state index contributed by atoms with van der Waals surface area (Å²) in [5.74, 6) is -0.262. The normalized spacial score (nSPS) is 33.6. The average Bonchev–Trinajstić information content (AvgIpc) is 3.10. The summed E-state index contributed by atoms with van der Waals surface area (Å²) in [6, 6.07) is -0.135. The number of fused-ring (bicyclic) bond motifs is 1. The predicted octanol–water partition coefficient (Wildman–Crippen LogP) is 1.23. The molecule has 5 heteroatoms. The molecule has 0 aromatic rings. The number of carbonyl (C=O) groups is 2. The topological polar surface area (TPSA) is 69.6 Å². The molecule has 3 unspecified atom stereocenters. The number of hydrogen-bond donors (Lipinski definition) is 2. The average molecular weight is 280 g/mol. The maximum atomic E-state index is 12.3. The lowest BCUT2D eigenvalue weighted by Gasteiger charge is -2.25. The number of carbonyl (C=O) groups excluding carboxylic acids is 1. The minimum Gasteiger partial charge on any atom is -0.480 e. The first kappa shape index (κ1) is 13.9. The van der Waals surface area contributed by atoms with E-state index in [1.165, 1.54) is 12.8 Å². The van der Waals surface area contributed by atoms with Crippen molar-refractivity contribution in [2.24, 2.45) is 11.8 Å². The van der Waals surface area contributed by atoms with Crippen molar-refractivity contribution in [3.63, 3.8) is 0 Å². The highest BCUT2D eigenvalue weighted by molar-refractivity contribution is 5.86. The number of nitrogens with one attached hydrogen (secondary N) is 1. The second-order valence-electron chi connectivity index (χ2n) is 6.55. The molecular formula is C15H24N2O3. The van der Waals surface area contributed by atoms with E-state index in [4.69, 9.17) is 0 Å². The summed E-state index contributed by atoms with van der Waals surface area (Å²) in [6.07, 6.45) is 7.90. The first-order valence-corrected chi connectivity index (χ1v) is 7.92. The van der Waals surface area contributed by atoms with Crippen LogP contribution in [0.4, 0.5) is 0 Å². The Morgan fingerprint density at radius 2 is 1.85 bits per heavy atom. The van der Waals surface area contributed by atoms with Gasteiger partial charge in [-0.25, -0.2) is 4.79 Å². The first-order chi connectivity index (χ1) is 9.66. The Hall–Kier alpha value is -1.10. The highest BCUT2D eigenvalue weighted by atomic mass is 16.4. The molecule has 3 aliphatic rings. The molecule has 0 bridgehead atoms. The van der Waals surface area contributed by atoms with E-state index >= 15 is 0 Å². The molecule has 3 atom stereocenters. The number of rotatable bonds is 4. The highest BCUT2D eigenvalue weighted by Crippen LogP contribution is 2.42. The van der Waals surface area contributed by atoms with Crippen LogP contribution in [0.3, 0.4) is 0 Å². The Labute approximate surface area is 119 Å². The molecule has 0 spiro atoms. The number of nitrogens with zero attached hydrogens (tertiary/aromatic N) is 1. The Morgan fingerprint density at radius 3 is 2.55 bits per heavy atom. The SMILES string of the molecule is O=C(O)C1C2CCCC2CN1C(=O)CNC1CCCC1. The van der Waals surface area contributed by atoms with Gasteiger partial charge in [0.25, 0.3) is 0 Å². The van der Waals surface area contributed by atoms with E-state index < -0.39 is 12.0 Å². The van der Waals surface area contributed by atoms with Crippen LogP contribution >= 0.6 is 0 Å². The second kappa shape index (κ2) is 5.72. The van der Waals surface area contributed by atoms with Crippen LogP contribution in [0.1, 0.15) is 44.9 Å². The third kappa shape index (κ3) is 2.55. The van der Waals surface area contributed by atoms with Gasteiger partial charge >= 0.3 is 5.97 Å². The number of carboxylic acid groups (broad SMARTS) is 1. The van der Waals surface area contributed by atoms with E-state index in [-0.39, 0.29) is 11.8 Å². The second-order valence-corrected chi connectivity index (χ2v) is 6.55. The van der Waals surface area contributed by atoms with Crippen molar-refractivity contribution in [3.05, 3.63) is 0 Å². The van der Waals surface area contributed by atoms with Gasteiger partial charge in [0.15, 0.2) is 0 Å². The van der Waals surface area contributed by atoms with Crippen LogP contribution in [0.2, 0.25) is 0 Å². The molecule has 112 valence electrons. The quantitative estimate of drug-likeness (QED) is 0.812. The zero-order valence-electron chi connectivity index (χ0n) is 11.9. The number of aliphatic carboxylic acids is 1. The minimum absolute atomic E-state index is 0.0290. The minimum atomic E-state index is -0.825. The molecule has 1 amide bonds. The molecule has 2 N–H and O–H groups in total. The van der Waals surface area contributed by atoms with Gasteiger partial charge in [0.2, 0.25) is 5.91 Å². The summed E-state index contributed by atoms with van der Waals surface area (Å²) in [6.45, 7) is 0.945. The summed E-state index contributed by atoms with van der Waals surface area (Å²) in [5, 5.41) is 12.7. The largest absolute Gasteiger partial charge is 0.480 e. The molecule has 0 aromatic carbocycles. The van der Waals surface area contributed by atoms with Crippen molar-refractivity contribution in [2.45, 2.75) is 57.0 Å². The fourth-order valence-corrected chi connectivity index (χ4v) is 4.34. The van der Waals surface area contributed by atoms with Crippen molar-refractivity contribution in [2.75, 3.05) is 13.1 Å². The molecule has 20 heavy (non-hydrogen) atoms. The van der Waals surface area contributed by atoms with Crippen LogP contribution in [-0.2, 0) is 9.59 Å². The zero-order valence-corrected chi connectivity index (χ0v) is 11.9. The Morgan fingerprint density at radius 1 is 1.10 bits per heavy atom. The molecule has 1 aliphatic heterocycles. The molecule has 2 saturated carbocycles. The molecule has 1 heterocycles. The van der Waals surface area contributed by atoms with E-state index in [9.17, 15) is 14.7 Å². The first-order valence-electron chi connectivity index (χ1n) is 7.92. The van der Waals surface area contributed by atoms with Gasteiger partial charge in [0.05, 0.1) is 6.54 Å². The Bertz CT molecular complexity index is 393. The number of likely N-dealkylation sites (tertiary alicyclic amines) is 1. The van der Waals surface area contributed by atoms with Crippen LogP contribution in [0, 0.1) is 11.8 Å². The van der Waals surface area contributed by atoms with Gasteiger partial charge in [0.1, 0.15) is 6.04 Å². The smallest absolute Gasteiger partial charge is 0.326 e. The molecular weight excluding hydrogens is 256 g/mol.